The zero-order valence-electron chi connectivity index (χ0n) is 8.53. The fourth-order valence-electron chi connectivity index (χ4n) is 1.81. The molecule has 1 saturated heterocycles. The monoisotopic (exact) mass is 185 g/mol. The van der Waals surface area contributed by atoms with Gasteiger partial charge in [0.05, 0.1) is 6.10 Å². The minimum atomic E-state index is 0.248. The minimum Gasteiger partial charge on any atom is -0.380 e. The lowest BCUT2D eigenvalue weighted by Crippen LogP contribution is -2.40. The Bertz CT molecular complexity index is 161. The van der Waals surface area contributed by atoms with Gasteiger partial charge in [0, 0.05) is 26.1 Å². The zero-order valence-corrected chi connectivity index (χ0v) is 8.53. The molecule has 0 N–H and O–H groups in total. The second kappa shape index (κ2) is 5.35. The number of carbonyl (C=O) groups is 1. The summed E-state index contributed by atoms with van der Waals surface area (Å²) >= 11 is 0. The van der Waals surface area contributed by atoms with Gasteiger partial charge in [-0.2, -0.15) is 0 Å². The van der Waals surface area contributed by atoms with E-state index in [0.717, 1.165) is 38.8 Å². The molecule has 1 heterocycles. The van der Waals surface area contributed by atoms with E-state index in [0.29, 0.717) is 0 Å². The number of piperidine rings is 1. The number of hydrogen-bond acceptors (Lipinski definition) is 3. The molecule has 0 aromatic heterocycles. The lowest BCUT2D eigenvalue weighted by molar-refractivity contribution is -0.112. The maximum Gasteiger partial charge on any atom is 0.124 e. The van der Waals surface area contributed by atoms with Gasteiger partial charge in [0.15, 0.2) is 0 Å². The number of nitrogens with zero attached hydrogens (tertiary/aromatic N) is 1. The molecule has 13 heavy (non-hydrogen) atoms. The van der Waals surface area contributed by atoms with Crippen molar-refractivity contribution in [2.24, 2.45) is 5.92 Å². The van der Waals surface area contributed by atoms with Crippen LogP contribution in [0.4, 0.5) is 0 Å². The first-order chi connectivity index (χ1) is 6.26. The Morgan fingerprint density at radius 3 is 3.08 bits per heavy atom. The van der Waals surface area contributed by atoms with Crippen molar-refractivity contribution in [2.75, 3.05) is 26.7 Å². The van der Waals surface area contributed by atoms with Gasteiger partial charge in [0.2, 0.25) is 0 Å². The smallest absolute Gasteiger partial charge is 0.124 e. The number of rotatable bonds is 4. The molecule has 0 aromatic rings. The molecule has 3 nitrogen and oxygen atoms in total. The minimum absolute atomic E-state index is 0.248. The summed E-state index contributed by atoms with van der Waals surface area (Å²) in [5.74, 6) is 0.248. The first-order valence-corrected chi connectivity index (χ1v) is 4.96. The topological polar surface area (TPSA) is 29.5 Å². The van der Waals surface area contributed by atoms with Crippen LogP contribution in [0.15, 0.2) is 0 Å². The van der Waals surface area contributed by atoms with Gasteiger partial charge in [0.25, 0.3) is 0 Å². The average Bonchev–Trinajstić information content (AvgIpc) is 2.18. The largest absolute Gasteiger partial charge is 0.380 e. The van der Waals surface area contributed by atoms with Crippen LogP contribution in [0.2, 0.25) is 0 Å². The van der Waals surface area contributed by atoms with Gasteiger partial charge in [-0.3, -0.25) is 0 Å². The van der Waals surface area contributed by atoms with Crippen molar-refractivity contribution in [1.29, 1.82) is 0 Å². The average molecular weight is 185 g/mol. The van der Waals surface area contributed by atoms with Gasteiger partial charge in [-0.15, -0.1) is 0 Å². The Morgan fingerprint density at radius 1 is 1.69 bits per heavy atom. The SMILES string of the molecule is COC(C)CN1CCCC(C=O)C1. The lowest BCUT2D eigenvalue weighted by Gasteiger charge is -2.31. The molecule has 3 heteroatoms. The highest BCUT2D eigenvalue weighted by atomic mass is 16.5. The van der Waals surface area contributed by atoms with E-state index >= 15 is 0 Å². The van der Waals surface area contributed by atoms with Gasteiger partial charge in [0.1, 0.15) is 6.29 Å². The van der Waals surface area contributed by atoms with Gasteiger partial charge >= 0.3 is 0 Å². The molecule has 0 spiro atoms. The molecule has 0 bridgehead atoms. The standard InChI is InChI=1S/C10H19NO2/c1-9(13-2)6-11-5-3-4-10(7-11)8-12/h8-10H,3-7H2,1-2H3. The van der Waals surface area contributed by atoms with E-state index < -0.39 is 0 Å². The number of ether oxygens (including phenoxy) is 1. The van der Waals surface area contributed by atoms with Crippen molar-refractivity contribution in [1.82, 2.24) is 4.90 Å². The predicted octanol–water partition coefficient (Wildman–Crippen LogP) is 0.932. The molecule has 2 unspecified atom stereocenters. The van der Waals surface area contributed by atoms with Crippen LogP contribution < -0.4 is 0 Å². The van der Waals surface area contributed by atoms with Crippen molar-refractivity contribution in [3.05, 3.63) is 0 Å². The number of likely N-dealkylation sites (tertiary alicyclic amines) is 1. The number of carbonyl (C=O) groups excluding carboxylic acids is 1. The van der Waals surface area contributed by atoms with Crippen LogP contribution >= 0.6 is 0 Å². The molecule has 0 aromatic carbocycles. The summed E-state index contributed by atoms with van der Waals surface area (Å²) in [5, 5.41) is 0. The first kappa shape index (κ1) is 10.7. The summed E-state index contributed by atoms with van der Waals surface area (Å²) < 4.78 is 5.19. The molecule has 0 aliphatic carbocycles. The Kier molecular flexibility index (Phi) is 4.39. The van der Waals surface area contributed by atoms with E-state index in [1.54, 1.807) is 7.11 Å². The van der Waals surface area contributed by atoms with Crippen LogP contribution in [-0.4, -0.2) is 44.0 Å². The third-order valence-electron chi connectivity index (χ3n) is 2.65. The number of methoxy groups -OCH3 is 1. The Hall–Kier alpha value is -0.410. The molecule has 0 radical (unpaired) electrons. The number of aldehydes is 1. The zero-order chi connectivity index (χ0) is 9.68. The third-order valence-corrected chi connectivity index (χ3v) is 2.65. The highest BCUT2D eigenvalue weighted by molar-refractivity contribution is 5.53. The highest BCUT2D eigenvalue weighted by Gasteiger charge is 2.20. The fraction of sp³-hybridized carbons (Fsp3) is 0.900. The van der Waals surface area contributed by atoms with Gasteiger partial charge < -0.3 is 14.4 Å². The molecule has 1 fully saturated rings. The van der Waals surface area contributed by atoms with Gasteiger partial charge in [-0.1, -0.05) is 0 Å². The third kappa shape index (κ3) is 3.44. The molecular formula is C10H19NO2. The maximum atomic E-state index is 10.6. The van der Waals surface area contributed by atoms with Crippen LogP contribution in [-0.2, 0) is 9.53 Å². The quantitative estimate of drug-likeness (QED) is 0.610. The van der Waals surface area contributed by atoms with Crippen LogP contribution in [0.1, 0.15) is 19.8 Å². The Labute approximate surface area is 80.1 Å². The molecule has 1 aliphatic rings. The molecular weight excluding hydrogens is 166 g/mol. The summed E-state index contributed by atoms with van der Waals surface area (Å²) in [6.45, 7) is 5.03. The predicted molar refractivity (Wildman–Crippen MR) is 51.7 cm³/mol. The fourth-order valence-corrected chi connectivity index (χ4v) is 1.81. The Morgan fingerprint density at radius 2 is 2.46 bits per heavy atom. The summed E-state index contributed by atoms with van der Waals surface area (Å²) in [5.41, 5.74) is 0. The van der Waals surface area contributed by atoms with Crippen molar-refractivity contribution in [3.63, 3.8) is 0 Å². The summed E-state index contributed by atoms with van der Waals surface area (Å²) in [4.78, 5) is 12.9. The number of hydrogen-bond donors (Lipinski definition) is 0. The van der Waals surface area contributed by atoms with Crippen LogP contribution in [0.5, 0.6) is 0 Å². The van der Waals surface area contributed by atoms with E-state index in [1.807, 2.05) is 0 Å². The molecule has 1 rings (SSSR count). The van der Waals surface area contributed by atoms with Crippen LogP contribution in [0.25, 0.3) is 0 Å². The van der Waals surface area contributed by atoms with E-state index in [4.69, 9.17) is 4.74 Å². The second-order valence-corrected chi connectivity index (χ2v) is 3.84. The van der Waals surface area contributed by atoms with E-state index in [2.05, 4.69) is 11.8 Å². The van der Waals surface area contributed by atoms with Gasteiger partial charge in [-0.25, -0.2) is 0 Å². The molecule has 0 saturated carbocycles. The highest BCUT2D eigenvalue weighted by Crippen LogP contribution is 2.14. The molecule has 0 amide bonds. The molecule has 1 aliphatic heterocycles. The van der Waals surface area contributed by atoms with E-state index in [1.165, 1.54) is 0 Å². The molecule has 2 atom stereocenters. The normalized spacial score (nSPS) is 27.1. The van der Waals surface area contributed by atoms with Crippen LogP contribution in [0.3, 0.4) is 0 Å². The summed E-state index contributed by atoms with van der Waals surface area (Å²) in [7, 11) is 1.73. The second-order valence-electron chi connectivity index (χ2n) is 3.84. The van der Waals surface area contributed by atoms with E-state index in [9.17, 15) is 4.79 Å². The summed E-state index contributed by atoms with van der Waals surface area (Å²) in [6, 6.07) is 0. The summed E-state index contributed by atoms with van der Waals surface area (Å²) in [6.07, 6.45) is 3.55. The van der Waals surface area contributed by atoms with Crippen molar-refractivity contribution < 1.29 is 9.53 Å². The maximum absolute atomic E-state index is 10.6. The van der Waals surface area contributed by atoms with Crippen molar-refractivity contribution in [2.45, 2.75) is 25.9 Å². The van der Waals surface area contributed by atoms with Crippen molar-refractivity contribution >= 4 is 6.29 Å². The van der Waals surface area contributed by atoms with E-state index in [-0.39, 0.29) is 12.0 Å². The van der Waals surface area contributed by atoms with Crippen LogP contribution in [0, 0.1) is 5.92 Å². The Balaban J connectivity index is 2.29. The first-order valence-electron chi connectivity index (χ1n) is 4.96. The van der Waals surface area contributed by atoms with Crippen molar-refractivity contribution in [3.8, 4) is 0 Å². The molecule has 76 valence electrons. The van der Waals surface area contributed by atoms with Gasteiger partial charge in [-0.05, 0) is 26.3 Å². The lowest BCUT2D eigenvalue weighted by atomic mass is 9.99.